The van der Waals surface area contributed by atoms with Crippen molar-refractivity contribution in [1.29, 1.82) is 5.26 Å². The van der Waals surface area contributed by atoms with Crippen molar-refractivity contribution in [3.63, 3.8) is 0 Å². The fraction of sp³-hybridized carbons (Fsp3) is 0.900. The zero-order valence-electron chi connectivity index (χ0n) is 8.74. The monoisotopic (exact) mass is 195 g/mol. The molecule has 1 aliphatic rings. The minimum absolute atomic E-state index is 0.177. The first-order valence-corrected chi connectivity index (χ1v) is 5.33. The first-order chi connectivity index (χ1) is 6.56. The van der Waals surface area contributed by atoms with Gasteiger partial charge in [0.15, 0.2) is 0 Å². The van der Waals surface area contributed by atoms with E-state index < -0.39 is 7.12 Å². The largest absolute Gasteiger partial charge is 0.451 e. The van der Waals surface area contributed by atoms with E-state index in [1.54, 1.807) is 0 Å². The Morgan fingerprint density at radius 3 is 2.86 bits per heavy atom. The van der Waals surface area contributed by atoms with Crippen molar-refractivity contribution in [2.24, 2.45) is 11.3 Å². The molecule has 0 heterocycles. The molecule has 1 rings (SSSR count). The van der Waals surface area contributed by atoms with Gasteiger partial charge in [0.2, 0.25) is 0 Å². The zero-order valence-corrected chi connectivity index (χ0v) is 8.74. The maximum Gasteiger partial charge on any atom is 0.451 e. The van der Waals surface area contributed by atoms with Crippen LogP contribution in [-0.2, 0) is 0 Å². The van der Waals surface area contributed by atoms with Gasteiger partial charge in [-0.1, -0.05) is 19.3 Å². The summed E-state index contributed by atoms with van der Waals surface area (Å²) >= 11 is 0. The first-order valence-electron chi connectivity index (χ1n) is 5.33. The quantitative estimate of drug-likeness (QED) is 0.671. The fourth-order valence-corrected chi connectivity index (χ4v) is 2.35. The minimum Gasteiger partial charge on any atom is -0.427 e. The lowest BCUT2D eigenvalue weighted by Gasteiger charge is -2.32. The van der Waals surface area contributed by atoms with Crippen molar-refractivity contribution in [2.75, 3.05) is 0 Å². The lowest BCUT2D eigenvalue weighted by atomic mass is 9.68. The van der Waals surface area contributed by atoms with Crippen LogP contribution in [0.25, 0.3) is 0 Å². The molecule has 0 aliphatic heterocycles. The van der Waals surface area contributed by atoms with Gasteiger partial charge in [-0.15, -0.1) is 0 Å². The molecule has 1 fully saturated rings. The Morgan fingerprint density at radius 1 is 1.57 bits per heavy atom. The van der Waals surface area contributed by atoms with Gasteiger partial charge in [-0.3, -0.25) is 0 Å². The zero-order chi connectivity index (χ0) is 10.6. The lowest BCUT2D eigenvalue weighted by molar-refractivity contribution is 0.212. The maximum absolute atomic E-state index is 9.00. The summed E-state index contributed by atoms with van der Waals surface area (Å²) in [7, 11) is -1.19. The number of nitrogens with zero attached hydrogens (tertiary/aromatic N) is 1. The predicted octanol–water partition coefficient (Wildman–Crippen LogP) is 1.57. The first kappa shape index (κ1) is 11.5. The molecule has 3 nitrogen and oxygen atoms in total. The average molecular weight is 195 g/mol. The van der Waals surface area contributed by atoms with Crippen molar-refractivity contribution in [2.45, 2.75) is 45.3 Å². The highest BCUT2D eigenvalue weighted by Crippen LogP contribution is 2.40. The molecule has 4 heteroatoms. The van der Waals surface area contributed by atoms with Gasteiger partial charge in [-0.05, 0) is 32.0 Å². The van der Waals surface area contributed by atoms with Crippen LogP contribution in [-0.4, -0.2) is 17.2 Å². The topological polar surface area (TPSA) is 64.2 Å². The summed E-state index contributed by atoms with van der Waals surface area (Å²) < 4.78 is 0. The SMILES string of the molecule is C[C@@]1(C#N)CCC[C@@H](CCB(O)O)C1. The van der Waals surface area contributed by atoms with Gasteiger partial charge in [0.1, 0.15) is 0 Å². The number of hydrogen-bond donors (Lipinski definition) is 2. The second-order valence-electron chi connectivity index (χ2n) is 4.69. The van der Waals surface area contributed by atoms with Crippen LogP contribution in [0.15, 0.2) is 0 Å². The summed E-state index contributed by atoms with van der Waals surface area (Å²) in [6.07, 6.45) is 5.39. The van der Waals surface area contributed by atoms with Crippen molar-refractivity contribution in [1.82, 2.24) is 0 Å². The Labute approximate surface area is 85.9 Å². The molecular formula is C10H18BNO2. The lowest BCUT2D eigenvalue weighted by Crippen LogP contribution is -2.25. The van der Waals surface area contributed by atoms with E-state index in [-0.39, 0.29) is 5.41 Å². The number of hydrogen-bond acceptors (Lipinski definition) is 3. The van der Waals surface area contributed by atoms with Crippen LogP contribution < -0.4 is 0 Å². The molecule has 0 spiro atoms. The predicted molar refractivity (Wildman–Crippen MR) is 55.3 cm³/mol. The Hall–Kier alpha value is -0.525. The number of rotatable bonds is 3. The van der Waals surface area contributed by atoms with Gasteiger partial charge in [0.25, 0.3) is 0 Å². The maximum atomic E-state index is 9.00. The van der Waals surface area contributed by atoms with E-state index in [2.05, 4.69) is 6.07 Å². The fourth-order valence-electron chi connectivity index (χ4n) is 2.35. The van der Waals surface area contributed by atoms with Gasteiger partial charge in [-0.2, -0.15) is 5.26 Å². The summed E-state index contributed by atoms with van der Waals surface area (Å²) in [6.45, 7) is 2.01. The molecule has 0 amide bonds. The van der Waals surface area contributed by atoms with Crippen molar-refractivity contribution >= 4 is 7.12 Å². The molecule has 0 aromatic heterocycles. The summed E-state index contributed by atoms with van der Waals surface area (Å²) in [5.41, 5.74) is -0.177. The third-order valence-corrected chi connectivity index (χ3v) is 3.18. The Bertz CT molecular complexity index is 227. The highest BCUT2D eigenvalue weighted by atomic mass is 16.4. The summed E-state index contributed by atoms with van der Waals surface area (Å²) in [4.78, 5) is 0. The summed E-state index contributed by atoms with van der Waals surface area (Å²) in [5.74, 6) is 0.496. The van der Waals surface area contributed by atoms with Crippen LogP contribution >= 0.6 is 0 Å². The van der Waals surface area contributed by atoms with Crippen LogP contribution in [0.3, 0.4) is 0 Å². The highest BCUT2D eigenvalue weighted by molar-refractivity contribution is 6.40. The summed E-state index contributed by atoms with van der Waals surface area (Å²) in [6, 6.07) is 2.37. The molecule has 0 aromatic rings. The van der Waals surface area contributed by atoms with E-state index in [9.17, 15) is 0 Å². The summed E-state index contributed by atoms with van der Waals surface area (Å²) in [5, 5.41) is 26.5. The molecule has 2 atom stereocenters. The third-order valence-electron chi connectivity index (χ3n) is 3.18. The minimum atomic E-state index is -1.19. The van der Waals surface area contributed by atoms with Crippen molar-refractivity contribution in [3.8, 4) is 6.07 Å². The van der Waals surface area contributed by atoms with E-state index in [0.29, 0.717) is 12.2 Å². The van der Waals surface area contributed by atoms with Gasteiger partial charge >= 0.3 is 7.12 Å². The van der Waals surface area contributed by atoms with E-state index >= 15 is 0 Å². The van der Waals surface area contributed by atoms with E-state index in [0.717, 1.165) is 32.1 Å². The normalized spacial score (nSPS) is 32.3. The molecule has 0 aromatic carbocycles. The van der Waals surface area contributed by atoms with Crippen LogP contribution in [0.4, 0.5) is 0 Å². The molecule has 1 aliphatic carbocycles. The van der Waals surface area contributed by atoms with Gasteiger partial charge in [0.05, 0.1) is 11.5 Å². The Balaban J connectivity index is 2.37. The molecule has 2 N–H and O–H groups in total. The van der Waals surface area contributed by atoms with Gasteiger partial charge in [-0.25, -0.2) is 0 Å². The van der Waals surface area contributed by atoms with Gasteiger partial charge < -0.3 is 10.0 Å². The number of nitriles is 1. The standard InChI is InChI=1S/C10H18BNO2/c1-10(8-12)5-2-3-9(7-10)4-6-11(13)14/h9,13-14H,2-7H2,1H3/t9-,10+/m0/s1. The molecular weight excluding hydrogens is 177 g/mol. The molecule has 0 unspecified atom stereocenters. The second-order valence-corrected chi connectivity index (χ2v) is 4.69. The third kappa shape index (κ3) is 3.32. The van der Waals surface area contributed by atoms with Crippen molar-refractivity contribution in [3.05, 3.63) is 0 Å². The Kier molecular flexibility index (Phi) is 3.97. The second kappa shape index (κ2) is 4.81. The smallest absolute Gasteiger partial charge is 0.427 e. The highest BCUT2D eigenvalue weighted by Gasteiger charge is 2.32. The van der Waals surface area contributed by atoms with Gasteiger partial charge in [0, 0.05) is 0 Å². The van der Waals surface area contributed by atoms with Crippen LogP contribution in [0, 0.1) is 22.7 Å². The van der Waals surface area contributed by atoms with E-state index in [1.165, 1.54) is 0 Å². The molecule has 78 valence electrons. The molecule has 0 saturated heterocycles. The van der Waals surface area contributed by atoms with Crippen LogP contribution in [0.2, 0.25) is 6.32 Å². The molecule has 14 heavy (non-hydrogen) atoms. The molecule has 1 saturated carbocycles. The molecule has 0 bridgehead atoms. The van der Waals surface area contributed by atoms with Crippen LogP contribution in [0.1, 0.15) is 39.0 Å². The van der Waals surface area contributed by atoms with E-state index in [1.807, 2.05) is 6.92 Å². The average Bonchev–Trinajstić information content (AvgIpc) is 2.15. The van der Waals surface area contributed by atoms with E-state index in [4.69, 9.17) is 15.3 Å². The van der Waals surface area contributed by atoms with Crippen LogP contribution in [0.5, 0.6) is 0 Å². The van der Waals surface area contributed by atoms with Crippen molar-refractivity contribution < 1.29 is 10.0 Å². The molecule has 0 radical (unpaired) electrons. The Morgan fingerprint density at radius 2 is 2.29 bits per heavy atom.